The van der Waals surface area contributed by atoms with Gasteiger partial charge in [-0.25, -0.2) is 0 Å². The van der Waals surface area contributed by atoms with Crippen LogP contribution in [0.5, 0.6) is 0 Å². The highest BCUT2D eigenvalue weighted by Gasteiger charge is 2.37. The molecule has 0 aliphatic heterocycles. The molecule has 0 saturated carbocycles. The maximum atomic E-state index is 5.41. The van der Waals surface area contributed by atoms with Crippen molar-refractivity contribution in [2.45, 2.75) is 25.3 Å². The fraction of sp³-hybridized carbons (Fsp3) is 1.00. The minimum atomic E-state index is -2.48. The van der Waals surface area contributed by atoms with Crippen LogP contribution in [0.25, 0.3) is 0 Å². The average molecular weight is 265 g/mol. The Balaban J connectivity index is 3.61. The van der Waals surface area contributed by atoms with Gasteiger partial charge < -0.3 is 30.1 Å². The highest BCUT2D eigenvalue weighted by Crippen LogP contribution is 2.17. The number of hydrogen-bond donors (Lipinski definition) is 3. The second-order valence-corrected chi connectivity index (χ2v) is 6.72. The van der Waals surface area contributed by atoms with E-state index in [4.69, 9.17) is 24.7 Å². The first kappa shape index (κ1) is 17.0. The molecule has 17 heavy (non-hydrogen) atoms. The van der Waals surface area contributed by atoms with E-state index in [0.29, 0.717) is 6.54 Å². The van der Waals surface area contributed by atoms with Crippen LogP contribution in [0.2, 0.25) is 6.04 Å². The summed E-state index contributed by atoms with van der Waals surface area (Å²) in [4.78, 5) is 0. The summed E-state index contributed by atoms with van der Waals surface area (Å²) in [7, 11) is 0.754. The lowest BCUT2D eigenvalue weighted by molar-refractivity contribution is 0.100. The van der Waals surface area contributed by atoms with Gasteiger partial charge in [-0.3, -0.25) is 0 Å². The zero-order valence-electron chi connectivity index (χ0n) is 11.0. The number of rotatable bonds is 12. The molecule has 0 fully saturated rings. The minimum Gasteiger partial charge on any atom is -0.377 e. The molecule has 0 atom stereocenters. The minimum absolute atomic E-state index is 0.145. The molecule has 0 aromatic rings. The van der Waals surface area contributed by atoms with Crippen molar-refractivity contribution in [3.63, 3.8) is 0 Å². The molecule has 0 saturated heterocycles. The fourth-order valence-electron chi connectivity index (χ4n) is 1.60. The Hall–Kier alpha value is -0.0231. The highest BCUT2D eigenvalue weighted by molar-refractivity contribution is 6.60. The molecule has 0 spiro atoms. The van der Waals surface area contributed by atoms with Gasteiger partial charge in [0, 0.05) is 33.4 Å². The second kappa shape index (κ2) is 11.1. The van der Waals surface area contributed by atoms with Gasteiger partial charge in [0.2, 0.25) is 0 Å². The lowest BCUT2D eigenvalue weighted by Crippen LogP contribution is -2.45. The molecule has 0 aliphatic rings. The fourth-order valence-corrected chi connectivity index (χ4v) is 3.49. The van der Waals surface area contributed by atoms with E-state index < -0.39 is 8.80 Å². The smallest absolute Gasteiger partial charge is 0.377 e. The SMILES string of the molecule is CO[Si](CCCCCNCCN)(OC)OCN. The molecule has 0 aromatic carbocycles. The van der Waals surface area contributed by atoms with Gasteiger partial charge in [0.25, 0.3) is 0 Å². The average Bonchev–Trinajstić information content (AvgIpc) is 2.36. The molecular formula is C10H27N3O3Si. The summed E-state index contributed by atoms with van der Waals surface area (Å²) in [6.07, 6.45) is 3.27. The van der Waals surface area contributed by atoms with Crippen molar-refractivity contribution in [1.82, 2.24) is 5.32 Å². The Labute approximate surface area is 105 Å². The highest BCUT2D eigenvalue weighted by atomic mass is 28.4. The van der Waals surface area contributed by atoms with E-state index >= 15 is 0 Å². The van der Waals surface area contributed by atoms with Crippen molar-refractivity contribution in [1.29, 1.82) is 0 Å². The third-order valence-electron chi connectivity index (χ3n) is 2.58. The number of hydrogen-bond acceptors (Lipinski definition) is 6. The van der Waals surface area contributed by atoms with Crippen LogP contribution in [0.3, 0.4) is 0 Å². The Morgan fingerprint density at radius 1 is 1.00 bits per heavy atom. The monoisotopic (exact) mass is 265 g/mol. The molecule has 0 heterocycles. The standard InChI is InChI=1S/C10H27N3O3Si/c1-14-17(15-2,16-10-12)9-5-3-4-7-13-8-6-11/h13H,3-12H2,1-2H3. The van der Waals surface area contributed by atoms with E-state index in [2.05, 4.69) is 5.32 Å². The summed E-state index contributed by atoms with van der Waals surface area (Å²) < 4.78 is 16.1. The van der Waals surface area contributed by atoms with Crippen LogP contribution in [0, 0.1) is 0 Å². The number of nitrogens with two attached hydrogens (primary N) is 2. The maximum Gasteiger partial charge on any atom is 0.501 e. The van der Waals surface area contributed by atoms with Gasteiger partial charge in [-0.15, -0.1) is 0 Å². The van der Waals surface area contributed by atoms with Crippen molar-refractivity contribution in [2.24, 2.45) is 11.5 Å². The predicted octanol–water partition coefficient (Wildman–Crippen LogP) is -0.130. The molecule has 0 rings (SSSR count). The number of nitrogens with one attached hydrogen (secondary N) is 1. The molecule has 0 unspecified atom stereocenters. The predicted molar refractivity (Wildman–Crippen MR) is 70.5 cm³/mol. The summed E-state index contributed by atoms with van der Waals surface area (Å²) in [5.74, 6) is 0. The maximum absolute atomic E-state index is 5.41. The van der Waals surface area contributed by atoms with Crippen LogP contribution in [0.15, 0.2) is 0 Å². The lowest BCUT2D eigenvalue weighted by Gasteiger charge is -2.25. The first-order chi connectivity index (χ1) is 8.24. The van der Waals surface area contributed by atoms with Crippen LogP contribution in [-0.4, -0.2) is 49.4 Å². The van der Waals surface area contributed by atoms with Crippen molar-refractivity contribution in [2.75, 3.05) is 40.6 Å². The van der Waals surface area contributed by atoms with Gasteiger partial charge in [-0.05, 0) is 19.4 Å². The van der Waals surface area contributed by atoms with Crippen molar-refractivity contribution >= 4 is 8.80 Å². The molecule has 6 nitrogen and oxygen atoms in total. The largest absolute Gasteiger partial charge is 0.501 e. The van der Waals surface area contributed by atoms with E-state index in [9.17, 15) is 0 Å². The van der Waals surface area contributed by atoms with Crippen LogP contribution in [-0.2, 0) is 13.3 Å². The molecule has 0 radical (unpaired) electrons. The first-order valence-corrected chi connectivity index (χ1v) is 8.03. The van der Waals surface area contributed by atoms with E-state index in [1.165, 1.54) is 0 Å². The molecule has 5 N–H and O–H groups in total. The van der Waals surface area contributed by atoms with Gasteiger partial charge in [-0.2, -0.15) is 0 Å². The van der Waals surface area contributed by atoms with Crippen LogP contribution in [0.4, 0.5) is 0 Å². The van der Waals surface area contributed by atoms with Crippen molar-refractivity contribution in [3.8, 4) is 0 Å². The van der Waals surface area contributed by atoms with Crippen molar-refractivity contribution < 1.29 is 13.3 Å². The van der Waals surface area contributed by atoms with E-state index in [1.807, 2.05) is 0 Å². The molecule has 0 bridgehead atoms. The second-order valence-electron chi connectivity index (χ2n) is 3.75. The summed E-state index contributed by atoms with van der Waals surface area (Å²) >= 11 is 0. The van der Waals surface area contributed by atoms with Crippen LogP contribution in [0.1, 0.15) is 19.3 Å². The normalized spacial score (nSPS) is 12.0. The van der Waals surface area contributed by atoms with Crippen molar-refractivity contribution in [3.05, 3.63) is 0 Å². The summed E-state index contributed by atoms with van der Waals surface area (Å²) in [6.45, 7) is 2.72. The Morgan fingerprint density at radius 2 is 1.71 bits per heavy atom. The first-order valence-electron chi connectivity index (χ1n) is 6.09. The molecule has 7 heteroatoms. The molecule has 0 aromatic heterocycles. The van der Waals surface area contributed by atoms with Gasteiger partial charge >= 0.3 is 8.80 Å². The zero-order chi connectivity index (χ0) is 13.0. The molecule has 104 valence electrons. The third-order valence-corrected chi connectivity index (χ3v) is 5.40. The van der Waals surface area contributed by atoms with E-state index in [-0.39, 0.29) is 6.73 Å². The third kappa shape index (κ3) is 7.82. The van der Waals surface area contributed by atoms with Gasteiger partial charge in [-0.1, -0.05) is 6.42 Å². The molecular weight excluding hydrogens is 238 g/mol. The number of unbranched alkanes of at least 4 members (excludes halogenated alkanes) is 2. The summed E-state index contributed by atoms with van der Waals surface area (Å²) in [5.41, 5.74) is 10.8. The summed E-state index contributed by atoms with van der Waals surface area (Å²) in [5, 5.41) is 3.26. The zero-order valence-corrected chi connectivity index (χ0v) is 12.0. The van der Waals surface area contributed by atoms with Gasteiger partial charge in [0.05, 0.1) is 6.73 Å². The van der Waals surface area contributed by atoms with E-state index in [1.54, 1.807) is 14.2 Å². The Bertz CT molecular complexity index is 171. The lowest BCUT2D eigenvalue weighted by atomic mass is 10.2. The quantitative estimate of drug-likeness (QED) is 0.259. The molecule has 0 amide bonds. The molecule has 0 aliphatic carbocycles. The van der Waals surface area contributed by atoms with Crippen LogP contribution < -0.4 is 16.8 Å². The van der Waals surface area contributed by atoms with E-state index in [0.717, 1.165) is 38.4 Å². The Kier molecular flexibility index (Phi) is 11.1. The topological polar surface area (TPSA) is 91.8 Å². The van der Waals surface area contributed by atoms with Crippen LogP contribution >= 0.6 is 0 Å². The summed E-state index contributed by atoms with van der Waals surface area (Å²) in [6, 6.07) is 0.814. The van der Waals surface area contributed by atoms with Gasteiger partial charge in [0.1, 0.15) is 0 Å². The Morgan fingerprint density at radius 3 is 2.24 bits per heavy atom. The van der Waals surface area contributed by atoms with Gasteiger partial charge in [0.15, 0.2) is 0 Å².